The van der Waals surface area contributed by atoms with E-state index in [-0.39, 0.29) is 6.04 Å². The van der Waals surface area contributed by atoms with E-state index in [1.165, 1.54) is 0 Å². The molecule has 0 radical (unpaired) electrons. The minimum atomic E-state index is -0.938. The number of carboxylic acids is 1. The van der Waals surface area contributed by atoms with E-state index in [4.69, 9.17) is 10.5 Å². The number of carbonyl (C=O) groups is 1. The molecule has 4 nitrogen and oxygen atoms in total. The van der Waals surface area contributed by atoms with Gasteiger partial charge in [0.25, 0.3) is 0 Å². The van der Waals surface area contributed by atoms with Crippen LogP contribution in [0.3, 0.4) is 0 Å². The summed E-state index contributed by atoms with van der Waals surface area (Å²) in [6, 6.07) is -0.165. The zero-order valence-electron chi connectivity index (χ0n) is 8.21. The van der Waals surface area contributed by atoms with E-state index in [0.717, 1.165) is 25.6 Å². The minimum Gasteiger partial charge on any atom is -0.481 e. The van der Waals surface area contributed by atoms with E-state index in [0.29, 0.717) is 0 Å². The Hall–Kier alpha value is -0.900. The highest BCUT2D eigenvalue weighted by atomic mass is 16.4. The lowest BCUT2D eigenvalue weighted by atomic mass is 10.0. The van der Waals surface area contributed by atoms with E-state index in [1.807, 2.05) is 0 Å². The summed E-state index contributed by atoms with van der Waals surface area (Å²) in [6.07, 6.45) is 3.10. The normalized spacial score (nSPS) is 14.9. The molecule has 0 amide bonds. The molecule has 4 heteroatoms. The van der Waals surface area contributed by atoms with Crippen molar-refractivity contribution in [2.24, 2.45) is 5.92 Å². The van der Waals surface area contributed by atoms with E-state index in [1.54, 1.807) is 6.92 Å². The van der Waals surface area contributed by atoms with Crippen molar-refractivity contribution in [3.05, 3.63) is 0 Å². The molecule has 0 saturated heterocycles. The number of aliphatic carboxylic acids is 1. The van der Waals surface area contributed by atoms with Gasteiger partial charge >= 0.3 is 5.97 Å². The van der Waals surface area contributed by atoms with Gasteiger partial charge in [0.15, 0.2) is 0 Å². The summed E-state index contributed by atoms with van der Waals surface area (Å²) in [5, 5.41) is 18.7. The Morgan fingerprint density at radius 2 is 2.31 bits per heavy atom. The average molecular weight is 186 g/mol. The summed E-state index contributed by atoms with van der Waals surface area (Å²) in [5.74, 6) is -1.65. The van der Waals surface area contributed by atoms with Crippen molar-refractivity contribution < 1.29 is 9.90 Å². The molecule has 0 aromatic carbocycles. The number of hydrogen-bond acceptors (Lipinski definition) is 3. The second-order valence-corrected chi connectivity index (χ2v) is 3.13. The number of unbranched alkanes of at least 4 members (excludes halogenated alkanes) is 1. The Morgan fingerprint density at radius 3 is 2.69 bits per heavy atom. The Bertz CT molecular complexity index is 171. The summed E-state index contributed by atoms with van der Waals surface area (Å²) in [7, 11) is 0. The fourth-order valence-electron chi connectivity index (χ4n) is 1.06. The quantitative estimate of drug-likeness (QED) is 0.412. The van der Waals surface area contributed by atoms with Crippen LogP contribution >= 0.6 is 0 Å². The molecular weight excluding hydrogens is 168 g/mol. The van der Waals surface area contributed by atoms with Crippen molar-refractivity contribution >= 4 is 12.2 Å². The number of rotatable bonds is 7. The molecule has 0 bridgehead atoms. The maximum atomic E-state index is 10.6. The molecule has 76 valence electrons. The zero-order valence-corrected chi connectivity index (χ0v) is 8.21. The minimum absolute atomic E-state index is 0.165. The van der Waals surface area contributed by atoms with Crippen LogP contribution in [0.4, 0.5) is 0 Å². The highest BCUT2D eigenvalue weighted by Gasteiger charge is 2.21. The summed E-state index contributed by atoms with van der Waals surface area (Å²) >= 11 is 0. The SMILES string of the molecule is CCCCNC(C)[C@@H](C=N)C(=O)O. The highest BCUT2D eigenvalue weighted by molar-refractivity contribution is 5.88. The third-order valence-corrected chi connectivity index (χ3v) is 2.00. The molecule has 2 atom stereocenters. The Kier molecular flexibility index (Phi) is 6.14. The van der Waals surface area contributed by atoms with Gasteiger partial charge in [-0.3, -0.25) is 4.79 Å². The summed E-state index contributed by atoms with van der Waals surface area (Å²) in [6.45, 7) is 4.69. The van der Waals surface area contributed by atoms with Crippen LogP contribution in [0.1, 0.15) is 26.7 Å². The Balaban J connectivity index is 3.84. The maximum Gasteiger partial charge on any atom is 0.313 e. The van der Waals surface area contributed by atoms with Crippen LogP contribution in [-0.2, 0) is 4.79 Å². The second kappa shape index (κ2) is 6.60. The van der Waals surface area contributed by atoms with Crippen molar-refractivity contribution in [3.8, 4) is 0 Å². The fraction of sp³-hybridized carbons (Fsp3) is 0.778. The van der Waals surface area contributed by atoms with Crippen molar-refractivity contribution in [1.29, 1.82) is 5.41 Å². The molecule has 0 rings (SSSR count). The molecule has 0 aliphatic carbocycles. The van der Waals surface area contributed by atoms with Gasteiger partial charge < -0.3 is 15.8 Å². The van der Waals surface area contributed by atoms with Crippen LogP contribution < -0.4 is 5.32 Å². The van der Waals surface area contributed by atoms with Gasteiger partial charge in [-0.15, -0.1) is 0 Å². The van der Waals surface area contributed by atoms with Crippen molar-refractivity contribution in [1.82, 2.24) is 5.32 Å². The van der Waals surface area contributed by atoms with Crippen LogP contribution in [0.2, 0.25) is 0 Å². The van der Waals surface area contributed by atoms with Gasteiger partial charge in [0.2, 0.25) is 0 Å². The monoisotopic (exact) mass is 186 g/mol. The fourth-order valence-corrected chi connectivity index (χ4v) is 1.06. The van der Waals surface area contributed by atoms with Gasteiger partial charge in [0.1, 0.15) is 5.92 Å². The van der Waals surface area contributed by atoms with Crippen LogP contribution in [0, 0.1) is 11.3 Å². The van der Waals surface area contributed by atoms with E-state index in [2.05, 4.69) is 12.2 Å². The third kappa shape index (κ3) is 4.62. The number of carboxylic acid groups (broad SMARTS) is 1. The van der Waals surface area contributed by atoms with Gasteiger partial charge in [0.05, 0.1) is 0 Å². The van der Waals surface area contributed by atoms with Crippen LogP contribution in [0.15, 0.2) is 0 Å². The first-order valence-corrected chi connectivity index (χ1v) is 4.60. The summed E-state index contributed by atoms with van der Waals surface area (Å²) in [5.41, 5.74) is 0. The molecule has 1 unspecified atom stereocenters. The molecule has 3 N–H and O–H groups in total. The molecule has 0 aliphatic rings. The first-order valence-electron chi connectivity index (χ1n) is 4.60. The molecule has 0 spiro atoms. The van der Waals surface area contributed by atoms with Gasteiger partial charge in [0, 0.05) is 12.3 Å². The van der Waals surface area contributed by atoms with E-state index in [9.17, 15) is 4.79 Å². The largest absolute Gasteiger partial charge is 0.481 e. The Morgan fingerprint density at radius 1 is 1.69 bits per heavy atom. The maximum absolute atomic E-state index is 10.6. The van der Waals surface area contributed by atoms with E-state index >= 15 is 0 Å². The molecule has 0 saturated carbocycles. The summed E-state index contributed by atoms with van der Waals surface area (Å²) < 4.78 is 0. The first-order chi connectivity index (χ1) is 6.13. The van der Waals surface area contributed by atoms with Crippen molar-refractivity contribution in [2.45, 2.75) is 32.7 Å². The van der Waals surface area contributed by atoms with Crippen LogP contribution in [-0.4, -0.2) is 29.9 Å². The lowest BCUT2D eigenvalue weighted by Gasteiger charge is -2.17. The highest BCUT2D eigenvalue weighted by Crippen LogP contribution is 2.00. The first kappa shape index (κ1) is 12.1. The molecule has 0 aromatic rings. The third-order valence-electron chi connectivity index (χ3n) is 2.00. The number of hydrogen-bond donors (Lipinski definition) is 3. The predicted octanol–water partition coefficient (Wildman–Crippen LogP) is 1.11. The average Bonchev–Trinajstić information content (AvgIpc) is 2.05. The molecule has 0 heterocycles. The van der Waals surface area contributed by atoms with Gasteiger partial charge in [-0.1, -0.05) is 13.3 Å². The molecule has 0 aliphatic heterocycles. The predicted molar refractivity (Wildman–Crippen MR) is 52.3 cm³/mol. The Labute approximate surface area is 78.8 Å². The molecule has 0 fully saturated rings. The van der Waals surface area contributed by atoms with Crippen LogP contribution in [0.25, 0.3) is 0 Å². The lowest BCUT2D eigenvalue weighted by molar-refractivity contribution is -0.139. The smallest absolute Gasteiger partial charge is 0.313 e. The molecule has 13 heavy (non-hydrogen) atoms. The molecular formula is C9H18N2O2. The van der Waals surface area contributed by atoms with Gasteiger partial charge in [-0.2, -0.15) is 0 Å². The van der Waals surface area contributed by atoms with Gasteiger partial charge in [-0.25, -0.2) is 0 Å². The zero-order chi connectivity index (χ0) is 10.3. The second-order valence-electron chi connectivity index (χ2n) is 3.13. The summed E-state index contributed by atoms with van der Waals surface area (Å²) in [4.78, 5) is 10.6. The van der Waals surface area contributed by atoms with Crippen LogP contribution in [0.5, 0.6) is 0 Å². The lowest BCUT2D eigenvalue weighted by Crippen LogP contribution is -2.39. The van der Waals surface area contributed by atoms with E-state index < -0.39 is 11.9 Å². The number of nitrogens with one attached hydrogen (secondary N) is 2. The van der Waals surface area contributed by atoms with Crippen molar-refractivity contribution in [3.63, 3.8) is 0 Å². The van der Waals surface area contributed by atoms with Gasteiger partial charge in [-0.05, 0) is 19.9 Å². The van der Waals surface area contributed by atoms with Crippen molar-refractivity contribution in [2.75, 3.05) is 6.54 Å². The topological polar surface area (TPSA) is 73.2 Å². The molecule has 0 aromatic heterocycles. The standard InChI is InChI=1S/C9H18N2O2/c1-3-4-5-11-7(2)8(6-10)9(12)13/h6-8,10-11H,3-5H2,1-2H3,(H,12,13)/t7?,8-/m1/s1.